The van der Waals surface area contributed by atoms with Gasteiger partial charge in [0.1, 0.15) is 24.4 Å². The van der Waals surface area contributed by atoms with Crippen LogP contribution in [0.3, 0.4) is 0 Å². The van der Waals surface area contributed by atoms with Crippen LogP contribution in [-0.4, -0.2) is 37.3 Å². The average Bonchev–Trinajstić information content (AvgIpc) is 2.98. The molecule has 0 spiro atoms. The van der Waals surface area contributed by atoms with Gasteiger partial charge >= 0.3 is 0 Å². The Labute approximate surface area is 229 Å². The number of allylic oxidation sites excluding steroid dienone is 2. The van der Waals surface area contributed by atoms with E-state index in [0.717, 1.165) is 16.7 Å². The number of hydrogen-bond donors (Lipinski definition) is 0. The van der Waals surface area contributed by atoms with Crippen molar-refractivity contribution in [3.05, 3.63) is 130 Å². The summed E-state index contributed by atoms with van der Waals surface area (Å²) in [7, 11) is 0. The second-order valence-corrected chi connectivity index (χ2v) is 9.28. The van der Waals surface area contributed by atoms with Crippen LogP contribution in [0.1, 0.15) is 30.5 Å². The molecule has 5 atom stereocenters. The van der Waals surface area contributed by atoms with E-state index in [0.29, 0.717) is 25.6 Å². The van der Waals surface area contributed by atoms with Crippen molar-refractivity contribution in [1.82, 2.24) is 0 Å². The van der Waals surface area contributed by atoms with Gasteiger partial charge in [0, 0.05) is 4.91 Å². The lowest BCUT2D eigenvalue weighted by Crippen LogP contribution is -2.60. The van der Waals surface area contributed by atoms with Crippen LogP contribution < -0.4 is 0 Å². The lowest BCUT2D eigenvalue weighted by Gasteiger charge is -2.44. The summed E-state index contributed by atoms with van der Waals surface area (Å²) in [6.07, 6.45) is -0.836. The highest BCUT2D eigenvalue weighted by molar-refractivity contribution is 5.15. The van der Waals surface area contributed by atoms with Crippen LogP contribution in [0.25, 0.3) is 10.4 Å². The molecule has 0 amide bonds. The van der Waals surface area contributed by atoms with Crippen molar-refractivity contribution in [1.29, 1.82) is 0 Å². The molecule has 1 heterocycles. The first-order chi connectivity index (χ1) is 19.2. The van der Waals surface area contributed by atoms with Crippen molar-refractivity contribution < 1.29 is 23.7 Å². The highest BCUT2D eigenvalue weighted by Gasteiger charge is 2.48. The first-order valence-electron chi connectivity index (χ1n) is 13.1. The quantitative estimate of drug-likeness (QED) is 0.106. The topological polar surface area (TPSA) is 94.9 Å². The largest absolute Gasteiger partial charge is 0.469 e. The molecule has 204 valence electrons. The van der Waals surface area contributed by atoms with Gasteiger partial charge in [-0.1, -0.05) is 96.1 Å². The van der Waals surface area contributed by atoms with Crippen LogP contribution in [0.4, 0.5) is 0 Å². The van der Waals surface area contributed by atoms with Gasteiger partial charge in [-0.15, -0.1) is 0 Å². The minimum absolute atomic E-state index is 0.233. The van der Waals surface area contributed by atoms with Crippen molar-refractivity contribution in [2.24, 2.45) is 5.11 Å². The molecule has 0 aliphatic carbocycles. The predicted molar refractivity (Wildman–Crippen MR) is 148 cm³/mol. The summed E-state index contributed by atoms with van der Waals surface area (Å²) in [4.78, 5) is 3.11. The minimum Gasteiger partial charge on any atom is -0.469 e. The van der Waals surface area contributed by atoms with Crippen molar-refractivity contribution in [2.75, 3.05) is 6.61 Å². The van der Waals surface area contributed by atoms with E-state index in [4.69, 9.17) is 23.7 Å². The van der Waals surface area contributed by atoms with Gasteiger partial charge in [-0.3, -0.25) is 0 Å². The molecular weight excluding hydrogens is 494 g/mol. The third-order valence-electron chi connectivity index (χ3n) is 6.47. The fourth-order valence-electron chi connectivity index (χ4n) is 4.35. The Balaban J connectivity index is 1.61. The van der Waals surface area contributed by atoms with Crippen LogP contribution in [0.2, 0.25) is 0 Å². The molecule has 0 bridgehead atoms. The van der Waals surface area contributed by atoms with Crippen LogP contribution in [0.5, 0.6) is 0 Å². The molecule has 8 heteroatoms. The van der Waals surface area contributed by atoms with E-state index in [-0.39, 0.29) is 6.61 Å². The predicted octanol–water partition coefficient (Wildman–Crippen LogP) is 6.72. The molecule has 0 aromatic heterocycles. The molecule has 0 N–H and O–H groups in total. The summed E-state index contributed by atoms with van der Waals surface area (Å²) in [5.74, 6) is 0.646. The zero-order valence-corrected chi connectivity index (χ0v) is 22.3. The number of nitrogens with zero attached hydrogens (tertiary/aromatic N) is 3. The standard InChI is InChI=1S/C31H35N3O5/c1-3-23(2)38-31-28(33-34-32)30(37-21-26-17-11-6-12-18-26)29(36-20-25-15-9-5-10-16-25)27(39-31)22-35-19-24-13-7-4-8-14-24/h3-18,27-31H,19-22H2,1-2H3/b23-3+/t27-,28-,29-,30-,31-/m1/s1. The molecule has 39 heavy (non-hydrogen) atoms. The summed E-state index contributed by atoms with van der Waals surface area (Å²) >= 11 is 0. The third kappa shape index (κ3) is 8.42. The number of hydrogen-bond acceptors (Lipinski definition) is 6. The van der Waals surface area contributed by atoms with E-state index >= 15 is 0 Å². The molecule has 8 nitrogen and oxygen atoms in total. The molecule has 0 radical (unpaired) electrons. The van der Waals surface area contributed by atoms with Crippen molar-refractivity contribution >= 4 is 0 Å². The Morgan fingerprint density at radius 3 is 1.85 bits per heavy atom. The van der Waals surface area contributed by atoms with E-state index in [2.05, 4.69) is 10.0 Å². The van der Waals surface area contributed by atoms with Crippen LogP contribution >= 0.6 is 0 Å². The fraction of sp³-hybridized carbons (Fsp3) is 0.355. The molecule has 0 unspecified atom stereocenters. The second-order valence-electron chi connectivity index (χ2n) is 9.28. The van der Waals surface area contributed by atoms with Crippen LogP contribution in [0.15, 0.2) is 108 Å². The Morgan fingerprint density at radius 1 is 0.821 bits per heavy atom. The third-order valence-corrected chi connectivity index (χ3v) is 6.47. The van der Waals surface area contributed by atoms with E-state index in [1.165, 1.54) is 0 Å². The number of benzene rings is 3. The van der Waals surface area contributed by atoms with Crippen LogP contribution in [0, 0.1) is 0 Å². The minimum atomic E-state index is -0.875. The van der Waals surface area contributed by atoms with E-state index < -0.39 is 30.6 Å². The van der Waals surface area contributed by atoms with Crippen molar-refractivity contribution in [3.63, 3.8) is 0 Å². The maximum absolute atomic E-state index is 9.47. The van der Waals surface area contributed by atoms with Gasteiger partial charge in [-0.25, -0.2) is 0 Å². The van der Waals surface area contributed by atoms with Gasteiger partial charge < -0.3 is 23.7 Å². The second kappa shape index (κ2) is 15.1. The summed E-state index contributed by atoms with van der Waals surface area (Å²) < 4.78 is 31.5. The molecule has 1 aliphatic rings. The van der Waals surface area contributed by atoms with Gasteiger partial charge in [-0.05, 0) is 42.1 Å². The average molecular weight is 530 g/mol. The summed E-state index contributed by atoms with van der Waals surface area (Å²) in [5.41, 5.74) is 12.5. The van der Waals surface area contributed by atoms with E-state index in [1.54, 1.807) is 0 Å². The van der Waals surface area contributed by atoms with Gasteiger partial charge in [0.2, 0.25) is 6.29 Å². The highest BCUT2D eigenvalue weighted by Crippen LogP contribution is 2.32. The fourth-order valence-corrected chi connectivity index (χ4v) is 4.35. The Morgan fingerprint density at radius 2 is 1.33 bits per heavy atom. The lowest BCUT2D eigenvalue weighted by atomic mass is 9.96. The zero-order valence-electron chi connectivity index (χ0n) is 22.3. The van der Waals surface area contributed by atoms with Gasteiger partial charge in [0.25, 0.3) is 0 Å². The van der Waals surface area contributed by atoms with Crippen LogP contribution in [-0.2, 0) is 43.5 Å². The van der Waals surface area contributed by atoms with Gasteiger partial charge in [-0.2, -0.15) is 0 Å². The van der Waals surface area contributed by atoms with E-state index in [1.807, 2.05) is 111 Å². The van der Waals surface area contributed by atoms with E-state index in [9.17, 15) is 5.53 Å². The molecule has 1 saturated heterocycles. The first-order valence-corrected chi connectivity index (χ1v) is 13.1. The zero-order chi connectivity index (χ0) is 27.3. The maximum atomic E-state index is 9.47. The monoisotopic (exact) mass is 529 g/mol. The Kier molecular flexibility index (Phi) is 11.0. The Hall–Kier alpha value is -3.65. The molecule has 0 saturated carbocycles. The summed E-state index contributed by atoms with van der Waals surface area (Å²) in [5, 5.41) is 4.07. The number of ether oxygens (including phenoxy) is 5. The van der Waals surface area contributed by atoms with Crippen molar-refractivity contribution in [2.45, 2.75) is 64.3 Å². The van der Waals surface area contributed by atoms with Crippen molar-refractivity contribution in [3.8, 4) is 0 Å². The molecule has 3 aromatic carbocycles. The molecular formula is C31H35N3O5. The number of azide groups is 1. The molecule has 1 fully saturated rings. The maximum Gasteiger partial charge on any atom is 0.210 e. The smallest absolute Gasteiger partial charge is 0.210 e. The lowest BCUT2D eigenvalue weighted by molar-refractivity contribution is -0.277. The number of rotatable bonds is 13. The SMILES string of the molecule is C/C=C(\C)O[C@@H]1O[C@H](COCc2ccccc2)[C@@H](OCc2ccccc2)[C@H](OCc2ccccc2)[C@H]1N=[N+]=[N-]. The highest BCUT2D eigenvalue weighted by atomic mass is 16.7. The molecule has 4 rings (SSSR count). The molecule has 3 aromatic rings. The van der Waals surface area contributed by atoms with Gasteiger partial charge in [0.05, 0.1) is 32.2 Å². The summed E-state index contributed by atoms with van der Waals surface area (Å²) in [6.45, 7) is 4.99. The normalized spacial score (nSPS) is 23.1. The summed E-state index contributed by atoms with van der Waals surface area (Å²) in [6, 6.07) is 28.9. The molecule has 1 aliphatic heterocycles. The Bertz CT molecular complexity index is 1200. The van der Waals surface area contributed by atoms with Gasteiger partial charge in [0.15, 0.2) is 0 Å². The first kappa shape index (κ1) is 28.4.